The van der Waals surface area contributed by atoms with E-state index in [1.54, 1.807) is 0 Å². The summed E-state index contributed by atoms with van der Waals surface area (Å²) in [7, 11) is 0. The van der Waals surface area contributed by atoms with E-state index in [1.165, 1.54) is 18.5 Å². The van der Waals surface area contributed by atoms with Crippen LogP contribution in [-0.2, 0) is 4.74 Å². The standard InChI is InChI=1S/C13H19N3O/c1-2-14-12-7-11(9-3-4-9)15-13(16-12)10-5-6-17-8-10/h7,9-10H,2-6,8H2,1H3,(H,14,15,16). The van der Waals surface area contributed by atoms with E-state index in [9.17, 15) is 0 Å². The first kappa shape index (κ1) is 11.0. The summed E-state index contributed by atoms with van der Waals surface area (Å²) in [6, 6.07) is 2.11. The molecule has 2 heterocycles. The second-order valence-corrected chi connectivity index (χ2v) is 4.90. The molecule has 2 fully saturated rings. The monoisotopic (exact) mass is 233 g/mol. The van der Waals surface area contributed by atoms with Gasteiger partial charge in [0.25, 0.3) is 0 Å². The van der Waals surface area contributed by atoms with Crippen LogP contribution in [0.15, 0.2) is 6.07 Å². The number of nitrogens with zero attached hydrogens (tertiary/aromatic N) is 2. The molecule has 1 aromatic heterocycles. The lowest BCUT2D eigenvalue weighted by atomic mass is 10.1. The molecule has 0 bridgehead atoms. The van der Waals surface area contributed by atoms with Crippen LogP contribution < -0.4 is 5.32 Å². The number of hydrogen-bond donors (Lipinski definition) is 1. The third-order valence-electron chi connectivity index (χ3n) is 3.41. The quantitative estimate of drug-likeness (QED) is 0.866. The fourth-order valence-electron chi connectivity index (χ4n) is 2.27. The number of ether oxygens (including phenoxy) is 1. The third kappa shape index (κ3) is 2.41. The molecular formula is C13H19N3O. The van der Waals surface area contributed by atoms with Gasteiger partial charge in [-0.05, 0) is 26.2 Å². The molecule has 4 nitrogen and oxygen atoms in total. The molecule has 1 saturated heterocycles. The summed E-state index contributed by atoms with van der Waals surface area (Å²) in [6.07, 6.45) is 3.62. The van der Waals surface area contributed by atoms with Crippen molar-refractivity contribution in [1.82, 2.24) is 9.97 Å². The van der Waals surface area contributed by atoms with Crippen molar-refractivity contribution >= 4 is 5.82 Å². The second-order valence-electron chi connectivity index (χ2n) is 4.90. The molecule has 17 heavy (non-hydrogen) atoms. The number of nitrogens with one attached hydrogen (secondary N) is 1. The molecular weight excluding hydrogens is 214 g/mol. The molecule has 1 aliphatic heterocycles. The van der Waals surface area contributed by atoms with Gasteiger partial charge in [-0.2, -0.15) is 0 Å². The largest absolute Gasteiger partial charge is 0.381 e. The Labute approximate surface area is 102 Å². The highest BCUT2D eigenvalue weighted by Crippen LogP contribution is 2.40. The molecule has 0 amide bonds. The summed E-state index contributed by atoms with van der Waals surface area (Å²) >= 11 is 0. The van der Waals surface area contributed by atoms with Gasteiger partial charge in [0.15, 0.2) is 0 Å². The first-order valence-electron chi connectivity index (χ1n) is 6.57. The minimum absolute atomic E-state index is 0.395. The van der Waals surface area contributed by atoms with E-state index >= 15 is 0 Å². The van der Waals surface area contributed by atoms with Crippen molar-refractivity contribution in [2.45, 2.75) is 38.0 Å². The molecule has 1 saturated carbocycles. The SMILES string of the molecule is CCNc1cc(C2CC2)nc(C2CCOC2)n1. The predicted molar refractivity (Wildman–Crippen MR) is 66.3 cm³/mol. The summed E-state index contributed by atoms with van der Waals surface area (Å²) < 4.78 is 5.43. The van der Waals surface area contributed by atoms with Gasteiger partial charge in [0.05, 0.1) is 6.61 Å². The minimum Gasteiger partial charge on any atom is -0.381 e. The fraction of sp³-hybridized carbons (Fsp3) is 0.692. The van der Waals surface area contributed by atoms with Crippen molar-refractivity contribution in [3.8, 4) is 0 Å². The summed E-state index contributed by atoms with van der Waals surface area (Å²) in [5, 5.41) is 3.30. The van der Waals surface area contributed by atoms with E-state index in [4.69, 9.17) is 9.72 Å². The van der Waals surface area contributed by atoms with E-state index in [2.05, 4.69) is 23.3 Å². The number of anilines is 1. The van der Waals surface area contributed by atoms with Crippen molar-refractivity contribution in [3.63, 3.8) is 0 Å². The Morgan fingerprint density at radius 2 is 2.18 bits per heavy atom. The summed E-state index contributed by atoms with van der Waals surface area (Å²) in [6.45, 7) is 4.62. The molecule has 0 aromatic carbocycles. The maximum absolute atomic E-state index is 5.43. The van der Waals surface area contributed by atoms with Gasteiger partial charge < -0.3 is 10.1 Å². The van der Waals surface area contributed by atoms with Crippen molar-refractivity contribution in [2.24, 2.45) is 0 Å². The lowest BCUT2D eigenvalue weighted by molar-refractivity contribution is 0.193. The topological polar surface area (TPSA) is 47.0 Å². The summed E-state index contributed by atoms with van der Waals surface area (Å²) in [4.78, 5) is 9.34. The average molecular weight is 233 g/mol. The Hall–Kier alpha value is -1.16. The molecule has 92 valence electrons. The van der Waals surface area contributed by atoms with Gasteiger partial charge in [-0.1, -0.05) is 0 Å². The van der Waals surface area contributed by atoms with Gasteiger partial charge in [0, 0.05) is 36.7 Å². The Bertz CT molecular complexity index is 398. The van der Waals surface area contributed by atoms with Crippen molar-refractivity contribution in [3.05, 3.63) is 17.6 Å². The maximum Gasteiger partial charge on any atom is 0.136 e. The van der Waals surface area contributed by atoms with E-state index in [1.807, 2.05) is 0 Å². The van der Waals surface area contributed by atoms with Crippen LogP contribution >= 0.6 is 0 Å². The molecule has 0 radical (unpaired) electrons. The molecule has 3 rings (SSSR count). The van der Waals surface area contributed by atoms with Crippen LogP contribution in [0, 0.1) is 0 Å². The Kier molecular flexibility index (Phi) is 2.97. The van der Waals surface area contributed by atoms with Crippen LogP contribution in [-0.4, -0.2) is 29.7 Å². The van der Waals surface area contributed by atoms with Crippen LogP contribution in [0.1, 0.15) is 49.5 Å². The van der Waals surface area contributed by atoms with E-state index in [0.717, 1.165) is 37.8 Å². The van der Waals surface area contributed by atoms with Crippen LogP contribution in [0.25, 0.3) is 0 Å². The zero-order chi connectivity index (χ0) is 11.7. The van der Waals surface area contributed by atoms with E-state index < -0.39 is 0 Å². The highest BCUT2D eigenvalue weighted by atomic mass is 16.5. The van der Waals surface area contributed by atoms with Crippen molar-refractivity contribution in [1.29, 1.82) is 0 Å². The highest BCUT2D eigenvalue weighted by Gasteiger charge is 2.28. The molecule has 0 spiro atoms. The van der Waals surface area contributed by atoms with Crippen LogP contribution in [0.4, 0.5) is 5.82 Å². The normalized spacial score (nSPS) is 23.9. The Balaban J connectivity index is 1.89. The number of rotatable bonds is 4. The van der Waals surface area contributed by atoms with Gasteiger partial charge in [-0.25, -0.2) is 9.97 Å². The molecule has 1 atom stereocenters. The number of aromatic nitrogens is 2. The minimum atomic E-state index is 0.395. The van der Waals surface area contributed by atoms with Crippen LogP contribution in [0.2, 0.25) is 0 Å². The highest BCUT2D eigenvalue weighted by molar-refractivity contribution is 5.38. The molecule has 1 unspecified atom stereocenters. The van der Waals surface area contributed by atoms with Gasteiger partial charge >= 0.3 is 0 Å². The van der Waals surface area contributed by atoms with Gasteiger partial charge in [0.1, 0.15) is 11.6 Å². The zero-order valence-electron chi connectivity index (χ0n) is 10.3. The summed E-state index contributed by atoms with van der Waals surface area (Å²) in [5.74, 6) is 3.02. The molecule has 2 aliphatic rings. The fourth-order valence-corrected chi connectivity index (χ4v) is 2.27. The predicted octanol–water partition coefficient (Wildman–Crippen LogP) is 2.29. The zero-order valence-corrected chi connectivity index (χ0v) is 10.3. The second kappa shape index (κ2) is 4.61. The molecule has 1 aliphatic carbocycles. The number of hydrogen-bond acceptors (Lipinski definition) is 4. The van der Waals surface area contributed by atoms with E-state index in [0.29, 0.717) is 11.8 Å². The first-order valence-corrected chi connectivity index (χ1v) is 6.57. The summed E-state index contributed by atoms with van der Waals surface area (Å²) in [5.41, 5.74) is 1.22. The Morgan fingerprint density at radius 1 is 1.29 bits per heavy atom. The van der Waals surface area contributed by atoms with Crippen molar-refractivity contribution < 1.29 is 4.74 Å². The molecule has 4 heteroatoms. The maximum atomic E-state index is 5.43. The van der Waals surface area contributed by atoms with Crippen LogP contribution in [0.5, 0.6) is 0 Å². The smallest absolute Gasteiger partial charge is 0.136 e. The van der Waals surface area contributed by atoms with E-state index in [-0.39, 0.29) is 0 Å². The lowest BCUT2D eigenvalue weighted by Crippen LogP contribution is -2.09. The first-order chi connectivity index (χ1) is 8.36. The van der Waals surface area contributed by atoms with Gasteiger partial charge in [-0.3, -0.25) is 0 Å². The molecule has 1 aromatic rings. The van der Waals surface area contributed by atoms with Crippen molar-refractivity contribution in [2.75, 3.05) is 25.1 Å². The van der Waals surface area contributed by atoms with Crippen LogP contribution in [0.3, 0.4) is 0 Å². The lowest BCUT2D eigenvalue weighted by Gasteiger charge is -2.11. The third-order valence-corrected chi connectivity index (χ3v) is 3.41. The van der Waals surface area contributed by atoms with Gasteiger partial charge in [-0.15, -0.1) is 0 Å². The van der Waals surface area contributed by atoms with Gasteiger partial charge in [0.2, 0.25) is 0 Å². The molecule has 1 N–H and O–H groups in total. The Morgan fingerprint density at radius 3 is 2.82 bits per heavy atom. The average Bonchev–Trinajstić information content (AvgIpc) is 3.05.